The van der Waals surface area contributed by atoms with Crippen LogP contribution in [-0.4, -0.2) is 35.3 Å². The van der Waals surface area contributed by atoms with Gasteiger partial charge in [0.2, 0.25) is 0 Å². The lowest BCUT2D eigenvalue weighted by molar-refractivity contribution is 0.0793. The van der Waals surface area contributed by atoms with E-state index in [2.05, 4.69) is 17.2 Å². The molecule has 1 heterocycles. The van der Waals surface area contributed by atoms with Crippen molar-refractivity contribution in [1.82, 2.24) is 9.88 Å². The highest BCUT2D eigenvalue weighted by atomic mass is 16.2. The summed E-state index contributed by atoms with van der Waals surface area (Å²) in [6.45, 7) is 2.79. The van der Waals surface area contributed by atoms with Gasteiger partial charge in [-0.3, -0.25) is 14.6 Å². The van der Waals surface area contributed by atoms with Crippen molar-refractivity contribution in [1.29, 1.82) is 0 Å². The molecule has 3 rings (SSSR count). The molecule has 0 unspecified atom stereocenters. The van der Waals surface area contributed by atoms with Gasteiger partial charge >= 0.3 is 0 Å². The van der Waals surface area contributed by atoms with Gasteiger partial charge in [0.25, 0.3) is 11.8 Å². The van der Waals surface area contributed by atoms with Gasteiger partial charge < -0.3 is 10.2 Å². The van der Waals surface area contributed by atoms with E-state index in [9.17, 15) is 9.59 Å². The summed E-state index contributed by atoms with van der Waals surface area (Å²) in [4.78, 5) is 31.3. The van der Waals surface area contributed by atoms with Crippen molar-refractivity contribution < 1.29 is 9.59 Å². The zero-order chi connectivity index (χ0) is 19.2. The number of rotatable bonds is 6. The second-order valence-corrected chi connectivity index (χ2v) is 6.50. The largest absolute Gasteiger partial charge is 0.342 e. The van der Waals surface area contributed by atoms with Gasteiger partial charge in [0, 0.05) is 36.3 Å². The first kappa shape index (κ1) is 18.6. The molecule has 1 aromatic heterocycles. The van der Waals surface area contributed by atoms with Crippen LogP contribution in [0.25, 0.3) is 10.9 Å². The van der Waals surface area contributed by atoms with E-state index in [0.29, 0.717) is 23.4 Å². The van der Waals surface area contributed by atoms with E-state index in [4.69, 9.17) is 0 Å². The van der Waals surface area contributed by atoms with Crippen molar-refractivity contribution in [3.63, 3.8) is 0 Å². The number of para-hydroxylation sites is 1. The van der Waals surface area contributed by atoms with Crippen molar-refractivity contribution in [3.05, 3.63) is 71.9 Å². The average Bonchev–Trinajstić information content (AvgIpc) is 2.71. The molecule has 1 N–H and O–H groups in total. The van der Waals surface area contributed by atoms with Gasteiger partial charge in [-0.2, -0.15) is 0 Å². The van der Waals surface area contributed by atoms with E-state index in [0.717, 1.165) is 23.7 Å². The number of carbonyl (C=O) groups is 2. The Morgan fingerprint density at radius 2 is 1.78 bits per heavy atom. The third-order valence-corrected chi connectivity index (χ3v) is 4.45. The molecule has 27 heavy (non-hydrogen) atoms. The Kier molecular flexibility index (Phi) is 5.81. The number of fused-ring (bicyclic) bond motifs is 1. The summed E-state index contributed by atoms with van der Waals surface area (Å²) in [7, 11) is 1.78. The summed E-state index contributed by atoms with van der Waals surface area (Å²) >= 11 is 0. The molecule has 0 atom stereocenters. The molecule has 5 heteroatoms. The zero-order valence-corrected chi connectivity index (χ0v) is 15.6. The van der Waals surface area contributed by atoms with Gasteiger partial charge in [-0.25, -0.2) is 0 Å². The zero-order valence-electron chi connectivity index (χ0n) is 15.6. The molecule has 3 aromatic rings. The molecule has 0 bridgehead atoms. The maximum atomic E-state index is 12.7. The summed E-state index contributed by atoms with van der Waals surface area (Å²) in [6, 6.07) is 16.3. The van der Waals surface area contributed by atoms with E-state index in [-0.39, 0.29) is 11.8 Å². The fourth-order valence-electron chi connectivity index (χ4n) is 2.91. The highest BCUT2D eigenvalue weighted by Crippen LogP contribution is 2.21. The molecule has 2 amide bonds. The first-order valence-corrected chi connectivity index (χ1v) is 9.10. The van der Waals surface area contributed by atoms with E-state index in [1.165, 1.54) is 0 Å². The number of hydrogen-bond donors (Lipinski definition) is 1. The van der Waals surface area contributed by atoms with Crippen molar-refractivity contribution >= 4 is 28.4 Å². The van der Waals surface area contributed by atoms with Crippen LogP contribution in [0.3, 0.4) is 0 Å². The van der Waals surface area contributed by atoms with Crippen LogP contribution in [0.1, 0.15) is 40.5 Å². The topological polar surface area (TPSA) is 62.3 Å². The van der Waals surface area contributed by atoms with Gasteiger partial charge in [-0.15, -0.1) is 0 Å². The van der Waals surface area contributed by atoms with E-state index in [1.54, 1.807) is 42.4 Å². The molecular weight excluding hydrogens is 338 g/mol. The highest BCUT2D eigenvalue weighted by Gasteiger charge is 2.14. The quantitative estimate of drug-likeness (QED) is 0.709. The Balaban J connectivity index is 1.80. The van der Waals surface area contributed by atoms with Crippen LogP contribution in [0.5, 0.6) is 0 Å². The summed E-state index contributed by atoms with van der Waals surface area (Å²) in [5.41, 5.74) is 2.34. The monoisotopic (exact) mass is 361 g/mol. The van der Waals surface area contributed by atoms with Crippen LogP contribution < -0.4 is 5.32 Å². The molecule has 0 aliphatic heterocycles. The fraction of sp³-hybridized carbons (Fsp3) is 0.227. The maximum absolute atomic E-state index is 12.7. The molecule has 0 spiro atoms. The van der Waals surface area contributed by atoms with Crippen molar-refractivity contribution in [2.45, 2.75) is 19.8 Å². The molecule has 0 saturated heterocycles. The lowest BCUT2D eigenvalue weighted by atomic mass is 10.1. The first-order valence-electron chi connectivity index (χ1n) is 9.10. The van der Waals surface area contributed by atoms with E-state index >= 15 is 0 Å². The van der Waals surface area contributed by atoms with Gasteiger partial charge in [0.1, 0.15) is 0 Å². The minimum atomic E-state index is -0.265. The molecule has 0 fully saturated rings. The minimum absolute atomic E-state index is 0.0788. The summed E-state index contributed by atoms with van der Waals surface area (Å²) in [6.07, 6.45) is 3.68. The fourth-order valence-corrected chi connectivity index (χ4v) is 2.91. The number of nitrogens with zero attached hydrogens (tertiary/aromatic N) is 2. The van der Waals surface area contributed by atoms with Gasteiger partial charge in [-0.1, -0.05) is 37.6 Å². The van der Waals surface area contributed by atoms with E-state index in [1.807, 2.05) is 30.3 Å². The smallest absolute Gasteiger partial charge is 0.255 e. The van der Waals surface area contributed by atoms with Gasteiger partial charge in [0.15, 0.2) is 0 Å². The summed E-state index contributed by atoms with van der Waals surface area (Å²) < 4.78 is 0. The number of aromatic nitrogens is 1. The SMILES string of the molecule is CCCCN(C)C(=O)c1cccc(C(=O)Nc2cccc3cccnc23)c1. The Labute approximate surface area is 159 Å². The van der Waals surface area contributed by atoms with Crippen LogP contribution in [0.4, 0.5) is 5.69 Å². The molecule has 0 aliphatic carbocycles. The van der Waals surface area contributed by atoms with Crippen LogP contribution in [0, 0.1) is 0 Å². The van der Waals surface area contributed by atoms with Crippen LogP contribution in [0.2, 0.25) is 0 Å². The summed E-state index contributed by atoms with van der Waals surface area (Å²) in [5, 5.41) is 3.86. The molecule has 0 radical (unpaired) electrons. The van der Waals surface area contributed by atoms with Crippen LogP contribution >= 0.6 is 0 Å². The second-order valence-electron chi connectivity index (χ2n) is 6.50. The van der Waals surface area contributed by atoms with Crippen molar-refractivity contribution in [2.75, 3.05) is 18.9 Å². The lowest BCUT2D eigenvalue weighted by Crippen LogP contribution is -2.28. The number of unbranched alkanes of at least 4 members (excludes halogenated alkanes) is 1. The maximum Gasteiger partial charge on any atom is 0.255 e. The van der Waals surface area contributed by atoms with E-state index < -0.39 is 0 Å². The Hall–Kier alpha value is -3.21. The van der Waals surface area contributed by atoms with Crippen molar-refractivity contribution in [3.8, 4) is 0 Å². The number of anilines is 1. The van der Waals surface area contributed by atoms with Gasteiger partial charge in [0.05, 0.1) is 11.2 Å². The van der Waals surface area contributed by atoms with Gasteiger partial charge in [-0.05, 0) is 36.8 Å². The standard InChI is InChI=1S/C22H23N3O2/c1-3-4-14-25(2)22(27)18-10-5-9-17(15-18)21(26)24-19-12-6-8-16-11-7-13-23-20(16)19/h5-13,15H,3-4,14H2,1-2H3,(H,24,26). The number of pyridine rings is 1. The molecule has 0 saturated carbocycles. The Morgan fingerprint density at radius 1 is 1.04 bits per heavy atom. The predicted molar refractivity (Wildman–Crippen MR) is 108 cm³/mol. The number of amides is 2. The Morgan fingerprint density at radius 3 is 2.59 bits per heavy atom. The average molecular weight is 361 g/mol. The third-order valence-electron chi connectivity index (χ3n) is 4.45. The highest BCUT2D eigenvalue weighted by molar-refractivity contribution is 6.09. The Bertz CT molecular complexity index is 963. The number of hydrogen-bond acceptors (Lipinski definition) is 3. The third kappa shape index (κ3) is 4.31. The minimum Gasteiger partial charge on any atom is -0.342 e. The van der Waals surface area contributed by atoms with Crippen LogP contribution in [0.15, 0.2) is 60.8 Å². The molecule has 0 aliphatic rings. The summed E-state index contributed by atoms with van der Waals surface area (Å²) in [5.74, 6) is -0.344. The normalized spacial score (nSPS) is 10.6. The molecule has 138 valence electrons. The molecule has 2 aromatic carbocycles. The molecular formula is C22H23N3O2. The molecule has 5 nitrogen and oxygen atoms in total. The predicted octanol–water partition coefficient (Wildman–Crippen LogP) is 4.36. The van der Waals surface area contributed by atoms with Crippen molar-refractivity contribution in [2.24, 2.45) is 0 Å². The lowest BCUT2D eigenvalue weighted by Gasteiger charge is -2.17. The van der Waals surface area contributed by atoms with Crippen LogP contribution in [-0.2, 0) is 0 Å². The second kappa shape index (κ2) is 8.45. The number of nitrogens with one attached hydrogen (secondary N) is 1. The number of carbonyl (C=O) groups excluding carboxylic acids is 2. The first-order chi connectivity index (χ1) is 13.1. The number of benzene rings is 2.